The van der Waals surface area contributed by atoms with Crippen LogP contribution < -0.4 is 5.32 Å². The largest absolute Gasteiger partial charge is 0.352 e. The standard InChI is InChI=1S/C19H30N4O2S.HI/c1-19(2)10-13-22(15-19)18(20-3)21-14-16-6-8-17(9-7-16)26(24,25)23-11-4-5-12-23;/h6-9H,4-5,10-15H2,1-3H3,(H,20,21);1H. The highest BCUT2D eigenvalue weighted by molar-refractivity contribution is 14.0. The molecule has 27 heavy (non-hydrogen) atoms. The number of sulfonamides is 1. The topological polar surface area (TPSA) is 65.0 Å². The molecule has 0 aliphatic carbocycles. The molecule has 6 nitrogen and oxygen atoms in total. The summed E-state index contributed by atoms with van der Waals surface area (Å²) in [5.74, 6) is 0.907. The molecule has 3 rings (SSSR count). The van der Waals surface area contributed by atoms with Crippen molar-refractivity contribution in [3.8, 4) is 0 Å². The van der Waals surface area contributed by atoms with Crippen LogP contribution in [0.15, 0.2) is 34.2 Å². The molecule has 2 saturated heterocycles. The van der Waals surface area contributed by atoms with E-state index in [1.807, 2.05) is 12.1 Å². The van der Waals surface area contributed by atoms with Crippen molar-refractivity contribution in [2.24, 2.45) is 10.4 Å². The van der Waals surface area contributed by atoms with Gasteiger partial charge in [-0.15, -0.1) is 24.0 Å². The molecular formula is C19H31IN4O2S. The van der Waals surface area contributed by atoms with Crippen LogP contribution in [-0.4, -0.2) is 56.8 Å². The lowest BCUT2D eigenvalue weighted by atomic mass is 9.93. The number of guanidine groups is 1. The van der Waals surface area contributed by atoms with Gasteiger partial charge >= 0.3 is 0 Å². The molecule has 0 radical (unpaired) electrons. The molecule has 0 bridgehead atoms. The van der Waals surface area contributed by atoms with E-state index in [1.54, 1.807) is 23.5 Å². The first-order valence-corrected chi connectivity index (χ1v) is 10.8. The molecule has 0 amide bonds. The van der Waals surface area contributed by atoms with Crippen molar-refractivity contribution >= 4 is 40.0 Å². The Balaban J connectivity index is 0.00000261. The van der Waals surface area contributed by atoms with E-state index in [0.29, 0.717) is 29.9 Å². The number of nitrogens with zero attached hydrogens (tertiary/aromatic N) is 3. The Morgan fingerprint density at radius 2 is 1.78 bits per heavy atom. The van der Waals surface area contributed by atoms with Crippen molar-refractivity contribution < 1.29 is 8.42 Å². The molecule has 1 aromatic rings. The van der Waals surface area contributed by atoms with Gasteiger partial charge in [0, 0.05) is 39.8 Å². The SMILES string of the molecule is CN=C(NCc1ccc(S(=O)(=O)N2CCCC2)cc1)N1CCC(C)(C)C1.I. The Morgan fingerprint density at radius 1 is 1.15 bits per heavy atom. The summed E-state index contributed by atoms with van der Waals surface area (Å²) in [6.07, 6.45) is 3.07. The molecule has 0 spiro atoms. The molecule has 2 fully saturated rings. The third-order valence-electron chi connectivity index (χ3n) is 5.27. The van der Waals surface area contributed by atoms with Gasteiger partial charge in [-0.05, 0) is 42.4 Å². The minimum absolute atomic E-state index is 0. The van der Waals surface area contributed by atoms with E-state index < -0.39 is 10.0 Å². The molecule has 1 aromatic carbocycles. The maximum atomic E-state index is 12.6. The zero-order chi connectivity index (χ0) is 18.8. The molecule has 8 heteroatoms. The molecule has 2 heterocycles. The lowest BCUT2D eigenvalue weighted by Crippen LogP contribution is -2.40. The number of aliphatic imine (C=N–C) groups is 1. The molecule has 0 atom stereocenters. The third-order valence-corrected chi connectivity index (χ3v) is 7.18. The van der Waals surface area contributed by atoms with E-state index in [2.05, 4.69) is 29.1 Å². The van der Waals surface area contributed by atoms with E-state index >= 15 is 0 Å². The van der Waals surface area contributed by atoms with E-state index in [9.17, 15) is 8.42 Å². The van der Waals surface area contributed by atoms with Gasteiger partial charge in [-0.25, -0.2) is 8.42 Å². The van der Waals surface area contributed by atoms with Gasteiger partial charge in [0.2, 0.25) is 10.0 Å². The van der Waals surface area contributed by atoms with Crippen LogP contribution in [0.2, 0.25) is 0 Å². The molecular weight excluding hydrogens is 475 g/mol. The second-order valence-electron chi connectivity index (χ2n) is 7.99. The van der Waals surface area contributed by atoms with Crippen molar-refractivity contribution in [2.75, 3.05) is 33.2 Å². The summed E-state index contributed by atoms with van der Waals surface area (Å²) in [5, 5.41) is 3.39. The first-order chi connectivity index (χ1) is 12.3. The van der Waals surface area contributed by atoms with Crippen molar-refractivity contribution in [2.45, 2.75) is 44.6 Å². The summed E-state index contributed by atoms with van der Waals surface area (Å²) in [7, 11) is -1.53. The minimum Gasteiger partial charge on any atom is -0.352 e. The van der Waals surface area contributed by atoms with Crippen LogP contribution in [-0.2, 0) is 16.6 Å². The second-order valence-corrected chi connectivity index (χ2v) is 9.93. The highest BCUT2D eigenvalue weighted by Gasteiger charge is 2.31. The van der Waals surface area contributed by atoms with E-state index in [-0.39, 0.29) is 24.0 Å². The van der Waals surface area contributed by atoms with Gasteiger partial charge in [0.05, 0.1) is 4.90 Å². The average Bonchev–Trinajstić information content (AvgIpc) is 3.26. The maximum absolute atomic E-state index is 12.6. The average molecular weight is 506 g/mol. The van der Waals surface area contributed by atoms with E-state index in [0.717, 1.165) is 43.9 Å². The molecule has 1 N–H and O–H groups in total. The van der Waals surface area contributed by atoms with Gasteiger partial charge in [-0.2, -0.15) is 4.31 Å². The van der Waals surface area contributed by atoms with Crippen molar-refractivity contribution in [3.63, 3.8) is 0 Å². The Labute approximate surface area is 180 Å². The molecule has 2 aliphatic heterocycles. The number of likely N-dealkylation sites (tertiary alicyclic amines) is 1. The summed E-state index contributed by atoms with van der Waals surface area (Å²) in [4.78, 5) is 7.06. The van der Waals surface area contributed by atoms with Gasteiger partial charge in [-0.1, -0.05) is 26.0 Å². The smallest absolute Gasteiger partial charge is 0.243 e. The van der Waals surface area contributed by atoms with Crippen molar-refractivity contribution in [1.82, 2.24) is 14.5 Å². The summed E-state index contributed by atoms with van der Waals surface area (Å²) in [6, 6.07) is 7.20. The van der Waals surface area contributed by atoms with Crippen LogP contribution in [0.5, 0.6) is 0 Å². The maximum Gasteiger partial charge on any atom is 0.243 e. The van der Waals surface area contributed by atoms with Gasteiger partial charge in [-0.3, -0.25) is 4.99 Å². The number of rotatable bonds is 4. The number of nitrogens with one attached hydrogen (secondary N) is 1. The van der Waals surface area contributed by atoms with Crippen molar-refractivity contribution in [3.05, 3.63) is 29.8 Å². The zero-order valence-electron chi connectivity index (χ0n) is 16.4. The monoisotopic (exact) mass is 506 g/mol. The predicted octanol–water partition coefficient (Wildman–Crippen LogP) is 2.90. The molecule has 152 valence electrons. The normalized spacial score (nSPS) is 20.6. The number of hydrogen-bond donors (Lipinski definition) is 1. The summed E-state index contributed by atoms with van der Waals surface area (Å²) < 4.78 is 26.7. The Kier molecular flexibility index (Phi) is 7.54. The summed E-state index contributed by atoms with van der Waals surface area (Å²) >= 11 is 0. The lowest BCUT2D eigenvalue weighted by molar-refractivity contribution is 0.370. The first-order valence-electron chi connectivity index (χ1n) is 9.36. The Morgan fingerprint density at radius 3 is 2.30 bits per heavy atom. The van der Waals surface area contributed by atoms with Gasteiger partial charge in [0.1, 0.15) is 0 Å². The first kappa shape index (κ1) is 22.4. The highest BCUT2D eigenvalue weighted by Crippen LogP contribution is 2.28. The summed E-state index contributed by atoms with van der Waals surface area (Å²) in [5.41, 5.74) is 1.37. The lowest BCUT2D eigenvalue weighted by Gasteiger charge is -2.23. The zero-order valence-corrected chi connectivity index (χ0v) is 19.6. The Bertz CT molecular complexity index is 756. The molecule has 0 unspecified atom stereocenters. The van der Waals surface area contributed by atoms with Crippen LogP contribution in [0.1, 0.15) is 38.7 Å². The van der Waals surface area contributed by atoms with Crippen molar-refractivity contribution in [1.29, 1.82) is 0 Å². The van der Waals surface area contributed by atoms with Gasteiger partial charge in [0.15, 0.2) is 5.96 Å². The van der Waals surface area contributed by atoms with Crippen LogP contribution in [0.3, 0.4) is 0 Å². The van der Waals surface area contributed by atoms with Crippen LogP contribution >= 0.6 is 24.0 Å². The quantitative estimate of drug-likeness (QED) is 0.388. The van der Waals surface area contributed by atoms with Gasteiger partial charge in [0.25, 0.3) is 0 Å². The number of hydrogen-bond acceptors (Lipinski definition) is 3. The fourth-order valence-electron chi connectivity index (χ4n) is 3.66. The van der Waals surface area contributed by atoms with E-state index in [4.69, 9.17) is 0 Å². The second kappa shape index (κ2) is 9.09. The predicted molar refractivity (Wildman–Crippen MR) is 120 cm³/mol. The number of benzene rings is 1. The summed E-state index contributed by atoms with van der Waals surface area (Å²) in [6.45, 7) is 8.47. The van der Waals surface area contributed by atoms with Gasteiger partial charge < -0.3 is 10.2 Å². The van der Waals surface area contributed by atoms with Crippen LogP contribution in [0, 0.1) is 5.41 Å². The fourth-order valence-corrected chi connectivity index (χ4v) is 5.18. The highest BCUT2D eigenvalue weighted by atomic mass is 127. The molecule has 2 aliphatic rings. The molecule has 0 aromatic heterocycles. The van der Waals surface area contributed by atoms with E-state index in [1.165, 1.54) is 0 Å². The third kappa shape index (κ3) is 5.35. The minimum atomic E-state index is -3.34. The Hall–Kier alpha value is -0.870. The van der Waals surface area contributed by atoms with Crippen LogP contribution in [0.4, 0.5) is 0 Å². The number of halogens is 1. The molecule has 0 saturated carbocycles. The fraction of sp³-hybridized carbons (Fsp3) is 0.632. The van der Waals surface area contributed by atoms with Crippen LogP contribution in [0.25, 0.3) is 0 Å².